The Hall–Kier alpha value is -2.31. The van der Waals surface area contributed by atoms with E-state index in [1.165, 1.54) is 0 Å². The fraction of sp³-hybridized carbons (Fsp3) is 0.300. The van der Waals surface area contributed by atoms with Gasteiger partial charge in [0, 0.05) is 25.5 Å². The normalized spacial score (nSPS) is 16.2. The lowest BCUT2D eigenvalue weighted by atomic mass is 10.3. The van der Waals surface area contributed by atoms with Crippen LogP contribution < -0.4 is 16.0 Å². The Kier molecular flexibility index (Phi) is 2.10. The number of hydrogen-bond acceptors (Lipinski definition) is 5. The summed E-state index contributed by atoms with van der Waals surface area (Å²) in [6, 6.07) is 0. The van der Waals surface area contributed by atoms with Gasteiger partial charge in [0.25, 0.3) is 0 Å². The van der Waals surface area contributed by atoms with Crippen LogP contribution in [0.1, 0.15) is 0 Å². The van der Waals surface area contributed by atoms with Crippen LogP contribution in [0.3, 0.4) is 0 Å². The zero-order chi connectivity index (χ0) is 11.8. The van der Waals surface area contributed by atoms with E-state index in [9.17, 15) is 4.79 Å². The number of carbonyl (C=O) groups excluding carboxylic acids is 1. The van der Waals surface area contributed by atoms with Crippen LogP contribution in [0.2, 0.25) is 0 Å². The first-order valence-corrected chi connectivity index (χ1v) is 5.35. The van der Waals surface area contributed by atoms with E-state index >= 15 is 0 Å². The van der Waals surface area contributed by atoms with Crippen molar-refractivity contribution in [3.05, 3.63) is 18.6 Å². The molecule has 1 saturated heterocycles. The minimum absolute atomic E-state index is 0.00909. The summed E-state index contributed by atoms with van der Waals surface area (Å²) in [5.74, 6) is 1.06. The quantitative estimate of drug-likeness (QED) is 0.675. The summed E-state index contributed by atoms with van der Waals surface area (Å²) in [4.78, 5) is 21.8. The molecule has 1 fully saturated rings. The number of piperazine rings is 1. The summed E-state index contributed by atoms with van der Waals surface area (Å²) in [5.41, 5.74) is 6.45. The number of nitrogens with two attached hydrogens (primary N) is 1. The Labute approximate surface area is 97.3 Å². The molecule has 0 atom stereocenters. The van der Waals surface area contributed by atoms with Crippen LogP contribution in [-0.4, -0.2) is 39.9 Å². The van der Waals surface area contributed by atoms with Gasteiger partial charge >= 0.3 is 0 Å². The Morgan fingerprint density at radius 3 is 3.18 bits per heavy atom. The van der Waals surface area contributed by atoms with Gasteiger partial charge in [0.1, 0.15) is 5.82 Å². The molecular formula is C10H12N6O. The summed E-state index contributed by atoms with van der Waals surface area (Å²) in [7, 11) is 0. The number of rotatable bonds is 1. The number of nitrogen functional groups attached to an aromatic ring is 1. The van der Waals surface area contributed by atoms with E-state index < -0.39 is 0 Å². The molecule has 0 aliphatic carbocycles. The third kappa shape index (κ3) is 1.65. The van der Waals surface area contributed by atoms with E-state index in [0.29, 0.717) is 36.9 Å². The Bertz CT molecular complexity index is 577. The molecule has 7 heteroatoms. The van der Waals surface area contributed by atoms with Crippen LogP contribution in [0.15, 0.2) is 18.6 Å². The van der Waals surface area contributed by atoms with Crippen molar-refractivity contribution in [2.75, 3.05) is 30.3 Å². The van der Waals surface area contributed by atoms with Crippen LogP contribution in [0.5, 0.6) is 0 Å². The molecule has 3 N–H and O–H groups in total. The van der Waals surface area contributed by atoms with Crippen molar-refractivity contribution in [1.29, 1.82) is 0 Å². The van der Waals surface area contributed by atoms with Crippen molar-refractivity contribution in [3.63, 3.8) is 0 Å². The molecule has 3 rings (SSSR count). The highest BCUT2D eigenvalue weighted by Gasteiger charge is 2.20. The average Bonchev–Trinajstić information content (AvgIpc) is 2.75. The predicted molar refractivity (Wildman–Crippen MR) is 62.6 cm³/mol. The summed E-state index contributed by atoms with van der Waals surface area (Å²) in [6.07, 6.45) is 5.20. The van der Waals surface area contributed by atoms with Crippen molar-refractivity contribution < 1.29 is 4.79 Å². The van der Waals surface area contributed by atoms with Crippen molar-refractivity contribution in [3.8, 4) is 0 Å². The highest BCUT2D eigenvalue weighted by Crippen LogP contribution is 2.19. The number of aromatic nitrogens is 3. The third-order valence-corrected chi connectivity index (χ3v) is 2.71. The molecule has 0 aromatic carbocycles. The summed E-state index contributed by atoms with van der Waals surface area (Å²) in [6.45, 7) is 1.62. The standard InChI is InChI=1S/C10H12N6O/c11-7-5-15-4-2-13-9(15)10(14-7)16-3-1-12-8(17)6-16/h2,4-5H,1,3,6,11H2,(H,12,17). The van der Waals surface area contributed by atoms with Gasteiger partial charge in [0.05, 0.1) is 12.7 Å². The number of carbonyl (C=O) groups is 1. The lowest BCUT2D eigenvalue weighted by Crippen LogP contribution is -2.48. The van der Waals surface area contributed by atoms with E-state index in [1.807, 2.05) is 9.30 Å². The lowest BCUT2D eigenvalue weighted by molar-refractivity contribution is -0.120. The van der Waals surface area contributed by atoms with Crippen molar-refractivity contribution in [1.82, 2.24) is 19.7 Å². The van der Waals surface area contributed by atoms with Crippen LogP contribution >= 0.6 is 0 Å². The second-order valence-electron chi connectivity index (χ2n) is 3.92. The first-order chi connectivity index (χ1) is 8.24. The van der Waals surface area contributed by atoms with Gasteiger partial charge in [0.15, 0.2) is 11.5 Å². The molecule has 88 valence electrons. The molecule has 0 radical (unpaired) electrons. The van der Waals surface area contributed by atoms with Gasteiger partial charge in [-0.25, -0.2) is 9.97 Å². The van der Waals surface area contributed by atoms with Crippen LogP contribution in [0, 0.1) is 0 Å². The fourth-order valence-corrected chi connectivity index (χ4v) is 1.97. The van der Waals surface area contributed by atoms with E-state index in [2.05, 4.69) is 15.3 Å². The number of anilines is 2. The van der Waals surface area contributed by atoms with E-state index in [1.54, 1.807) is 18.6 Å². The molecule has 1 amide bonds. The smallest absolute Gasteiger partial charge is 0.239 e. The molecule has 1 aliphatic heterocycles. The SMILES string of the molecule is Nc1cn2ccnc2c(N2CCNC(=O)C2)n1. The van der Waals surface area contributed by atoms with E-state index in [-0.39, 0.29) is 5.91 Å². The van der Waals surface area contributed by atoms with Gasteiger partial charge in [-0.15, -0.1) is 0 Å². The van der Waals surface area contributed by atoms with Gasteiger partial charge in [-0.05, 0) is 0 Å². The molecule has 7 nitrogen and oxygen atoms in total. The molecule has 1 aliphatic rings. The topological polar surface area (TPSA) is 88.5 Å². The molecular weight excluding hydrogens is 220 g/mol. The molecule has 17 heavy (non-hydrogen) atoms. The Balaban J connectivity index is 2.09. The first kappa shape index (κ1) is 9.88. The van der Waals surface area contributed by atoms with Gasteiger partial charge in [0.2, 0.25) is 5.91 Å². The summed E-state index contributed by atoms with van der Waals surface area (Å²) < 4.78 is 1.81. The minimum atomic E-state index is -0.00909. The van der Waals surface area contributed by atoms with Crippen molar-refractivity contribution in [2.45, 2.75) is 0 Å². The maximum absolute atomic E-state index is 11.4. The third-order valence-electron chi connectivity index (χ3n) is 2.71. The summed E-state index contributed by atoms with van der Waals surface area (Å²) in [5, 5.41) is 2.77. The Morgan fingerprint density at radius 1 is 1.47 bits per heavy atom. The first-order valence-electron chi connectivity index (χ1n) is 5.35. The fourth-order valence-electron chi connectivity index (χ4n) is 1.97. The zero-order valence-electron chi connectivity index (χ0n) is 9.13. The van der Waals surface area contributed by atoms with Gasteiger partial charge < -0.3 is 20.4 Å². The largest absolute Gasteiger partial charge is 0.382 e. The average molecular weight is 232 g/mol. The molecule has 0 unspecified atom stereocenters. The van der Waals surface area contributed by atoms with Crippen molar-refractivity contribution in [2.24, 2.45) is 0 Å². The predicted octanol–water partition coefficient (Wildman–Crippen LogP) is -0.752. The number of nitrogens with zero attached hydrogens (tertiary/aromatic N) is 4. The molecule has 0 spiro atoms. The van der Waals surface area contributed by atoms with Gasteiger partial charge in [-0.2, -0.15) is 0 Å². The maximum Gasteiger partial charge on any atom is 0.239 e. The van der Waals surface area contributed by atoms with Crippen LogP contribution in [0.25, 0.3) is 5.65 Å². The molecule has 3 heterocycles. The second-order valence-corrected chi connectivity index (χ2v) is 3.92. The molecule has 0 bridgehead atoms. The lowest BCUT2D eigenvalue weighted by Gasteiger charge is -2.27. The van der Waals surface area contributed by atoms with E-state index in [0.717, 1.165) is 0 Å². The number of amides is 1. The zero-order valence-corrected chi connectivity index (χ0v) is 9.13. The van der Waals surface area contributed by atoms with Gasteiger partial charge in [-0.1, -0.05) is 0 Å². The van der Waals surface area contributed by atoms with E-state index in [4.69, 9.17) is 5.73 Å². The second kappa shape index (κ2) is 3.62. The van der Waals surface area contributed by atoms with Crippen LogP contribution in [-0.2, 0) is 4.79 Å². The number of fused-ring (bicyclic) bond motifs is 1. The number of imidazole rings is 1. The number of nitrogens with one attached hydrogen (secondary N) is 1. The van der Waals surface area contributed by atoms with Gasteiger partial charge in [-0.3, -0.25) is 4.79 Å². The number of hydrogen-bond donors (Lipinski definition) is 2. The molecule has 2 aromatic heterocycles. The highest BCUT2D eigenvalue weighted by molar-refractivity contribution is 5.84. The van der Waals surface area contributed by atoms with Crippen LogP contribution in [0.4, 0.5) is 11.6 Å². The monoisotopic (exact) mass is 232 g/mol. The molecule has 2 aromatic rings. The minimum Gasteiger partial charge on any atom is -0.382 e. The highest BCUT2D eigenvalue weighted by atomic mass is 16.2. The van der Waals surface area contributed by atoms with Crippen molar-refractivity contribution >= 4 is 23.2 Å². The maximum atomic E-state index is 11.4. The summed E-state index contributed by atoms with van der Waals surface area (Å²) >= 11 is 0. The Morgan fingerprint density at radius 2 is 2.35 bits per heavy atom. The molecule has 0 saturated carbocycles.